The summed E-state index contributed by atoms with van der Waals surface area (Å²) in [5.41, 5.74) is 1.92. The molecule has 0 unspecified atom stereocenters. The van der Waals surface area contributed by atoms with Gasteiger partial charge in [-0.15, -0.1) is 0 Å². The van der Waals surface area contributed by atoms with Crippen molar-refractivity contribution in [1.82, 2.24) is 4.98 Å². The first kappa shape index (κ1) is 7.98. The first-order chi connectivity index (χ1) is 6.20. The van der Waals surface area contributed by atoms with E-state index in [1.807, 2.05) is 6.07 Å². The monoisotopic (exact) mass is 175 g/mol. The Bertz CT molecular complexity index is 471. The van der Waals surface area contributed by atoms with Gasteiger partial charge < -0.3 is 4.42 Å². The average molecular weight is 175 g/mol. The van der Waals surface area contributed by atoms with Crippen molar-refractivity contribution >= 4 is 16.9 Å². The van der Waals surface area contributed by atoms with Gasteiger partial charge in [0.25, 0.3) is 0 Å². The summed E-state index contributed by atoms with van der Waals surface area (Å²) in [4.78, 5) is 15.3. The van der Waals surface area contributed by atoms with Crippen molar-refractivity contribution in [2.45, 2.75) is 13.8 Å². The van der Waals surface area contributed by atoms with Gasteiger partial charge in [0.1, 0.15) is 11.3 Å². The minimum Gasteiger partial charge on any atom is -0.459 e. The Balaban J connectivity index is 2.86. The van der Waals surface area contributed by atoms with E-state index in [0.717, 1.165) is 0 Å². The summed E-state index contributed by atoms with van der Waals surface area (Å²) in [5, 5.41) is 0. The second-order valence-corrected chi connectivity index (χ2v) is 2.94. The van der Waals surface area contributed by atoms with Crippen molar-refractivity contribution in [3.63, 3.8) is 0 Å². The van der Waals surface area contributed by atoms with Gasteiger partial charge in [-0.2, -0.15) is 0 Å². The highest BCUT2D eigenvalue weighted by atomic mass is 16.3. The summed E-state index contributed by atoms with van der Waals surface area (Å²) >= 11 is 0. The van der Waals surface area contributed by atoms with E-state index in [0.29, 0.717) is 22.4 Å². The molecule has 0 aliphatic rings. The van der Waals surface area contributed by atoms with Gasteiger partial charge in [-0.3, -0.25) is 9.78 Å². The predicted molar refractivity (Wildman–Crippen MR) is 48.8 cm³/mol. The molecule has 0 saturated carbocycles. The second-order valence-electron chi connectivity index (χ2n) is 2.94. The molecule has 0 bridgehead atoms. The third-order valence-corrected chi connectivity index (χ3v) is 1.97. The van der Waals surface area contributed by atoms with E-state index in [1.54, 1.807) is 19.2 Å². The van der Waals surface area contributed by atoms with Gasteiger partial charge in [-0.1, -0.05) is 0 Å². The van der Waals surface area contributed by atoms with Crippen LogP contribution in [0.15, 0.2) is 22.7 Å². The van der Waals surface area contributed by atoms with Gasteiger partial charge in [-0.25, -0.2) is 0 Å². The maximum atomic E-state index is 11.2. The zero-order chi connectivity index (χ0) is 9.42. The lowest BCUT2D eigenvalue weighted by Crippen LogP contribution is -1.93. The minimum absolute atomic E-state index is 0.00468. The highest BCUT2D eigenvalue weighted by molar-refractivity contribution is 6.05. The minimum atomic E-state index is -0.00468. The van der Waals surface area contributed by atoms with Crippen LogP contribution in [0.4, 0.5) is 0 Å². The molecular formula is C10H9NO2. The van der Waals surface area contributed by atoms with Crippen LogP contribution in [0.5, 0.6) is 0 Å². The zero-order valence-corrected chi connectivity index (χ0v) is 7.50. The van der Waals surface area contributed by atoms with E-state index in [1.165, 1.54) is 6.92 Å². The number of rotatable bonds is 1. The molecule has 2 heterocycles. The lowest BCUT2D eigenvalue weighted by molar-refractivity contribution is 0.101. The number of carbonyl (C=O) groups is 1. The number of aromatic nitrogens is 1. The quantitative estimate of drug-likeness (QED) is 0.625. The zero-order valence-electron chi connectivity index (χ0n) is 7.50. The molecule has 0 aromatic carbocycles. The van der Waals surface area contributed by atoms with Gasteiger partial charge in [-0.05, 0) is 26.0 Å². The number of hydrogen-bond acceptors (Lipinski definition) is 3. The van der Waals surface area contributed by atoms with E-state index < -0.39 is 0 Å². The van der Waals surface area contributed by atoms with E-state index in [9.17, 15) is 4.79 Å². The van der Waals surface area contributed by atoms with Crippen LogP contribution in [-0.4, -0.2) is 10.8 Å². The van der Waals surface area contributed by atoms with E-state index in [2.05, 4.69) is 4.98 Å². The van der Waals surface area contributed by atoms with Crippen LogP contribution in [0.3, 0.4) is 0 Å². The average Bonchev–Trinajstić information content (AvgIpc) is 2.39. The number of furan rings is 1. The largest absolute Gasteiger partial charge is 0.459 e. The Kier molecular flexibility index (Phi) is 1.65. The topological polar surface area (TPSA) is 43.1 Å². The molecule has 0 spiro atoms. The number of pyridine rings is 1. The standard InChI is InChI=1S/C10H9NO2/c1-6(12)9-7(2)13-8-4-3-5-11-10(8)9/h3-5H,1-2H3. The third-order valence-electron chi connectivity index (χ3n) is 1.97. The highest BCUT2D eigenvalue weighted by Crippen LogP contribution is 2.23. The summed E-state index contributed by atoms with van der Waals surface area (Å²) in [7, 11) is 0. The lowest BCUT2D eigenvalue weighted by atomic mass is 10.1. The maximum absolute atomic E-state index is 11.2. The van der Waals surface area contributed by atoms with Crippen LogP contribution in [0.25, 0.3) is 11.1 Å². The molecule has 2 rings (SSSR count). The molecule has 3 nitrogen and oxygen atoms in total. The molecule has 0 fully saturated rings. The molecule has 0 amide bonds. The molecule has 0 N–H and O–H groups in total. The fourth-order valence-corrected chi connectivity index (χ4v) is 1.46. The number of hydrogen-bond donors (Lipinski definition) is 0. The number of carbonyl (C=O) groups excluding carboxylic acids is 1. The normalized spacial score (nSPS) is 10.6. The van der Waals surface area contributed by atoms with Crippen LogP contribution < -0.4 is 0 Å². The molecule has 0 atom stereocenters. The summed E-state index contributed by atoms with van der Waals surface area (Å²) in [6, 6.07) is 3.59. The molecule has 2 aromatic heterocycles. The maximum Gasteiger partial charge on any atom is 0.165 e. The Morgan fingerprint density at radius 3 is 3.00 bits per heavy atom. The Labute approximate surface area is 75.4 Å². The Hall–Kier alpha value is -1.64. The van der Waals surface area contributed by atoms with Crippen LogP contribution >= 0.6 is 0 Å². The van der Waals surface area contributed by atoms with Crippen molar-refractivity contribution in [3.05, 3.63) is 29.7 Å². The molecule has 2 aromatic rings. The van der Waals surface area contributed by atoms with Crippen molar-refractivity contribution < 1.29 is 9.21 Å². The molecule has 0 radical (unpaired) electrons. The highest BCUT2D eigenvalue weighted by Gasteiger charge is 2.14. The number of Topliss-reactive ketones (excluding diaryl/α,β-unsaturated/α-hetero) is 1. The smallest absolute Gasteiger partial charge is 0.165 e. The number of fused-ring (bicyclic) bond motifs is 1. The summed E-state index contributed by atoms with van der Waals surface area (Å²) < 4.78 is 5.38. The first-order valence-electron chi connectivity index (χ1n) is 4.05. The molecular weight excluding hydrogens is 166 g/mol. The molecule has 66 valence electrons. The van der Waals surface area contributed by atoms with Crippen molar-refractivity contribution in [2.24, 2.45) is 0 Å². The second kappa shape index (κ2) is 2.69. The SMILES string of the molecule is CC(=O)c1c(C)oc2cccnc12. The molecule has 3 heteroatoms. The van der Waals surface area contributed by atoms with E-state index >= 15 is 0 Å². The summed E-state index contributed by atoms with van der Waals surface area (Å²) in [6.45, 7) is 3.30. The summed E-state index contributed by atoms with van der Waals surface area (Å²) in [6.07, 6.45) is 1.66. The van der Waals surface area contributed by atoms with Crippen molar-refractivity contribution in [3.8, 4) is 0 Å². The Morgan fingerprint density at radius 2 is 2.31 bits per heavy atom. The number of aryl methyl sites for hydroxylation is 1. The molecule has 0 aliphatic heterocycles. The van der Waals surface area contributed by atoms with Crippen molar-refractivity contribution in [2.75, 3.05) is 0 Å². The van der Waals surface area contributed by atoms with Gasteiger partial charge in [0, 0.05) is 6.20 Å². The first-order valence-corrected chi connectivity index (χ1v) is 4.05. The van der Waals surface area contributed by atoms with Crippen LogP contribution in [0, 0.1) is 6.92 Å². The molecule has 13 heavy (non-hydrogen) atoms. The fraction of sp³-hybridized carbons (Fsp3) is 0.200. The number of nitrogens with zero attached hydrogens (tertiary/aromatic N) is 1. The van der Waals surface area contributed by atoms with Gasteiger partial charge >= 0.3 is 0 Å². The lowest BCUT2D eigenvalue weighted by Gasteiger charge is -1.89. The van der Waals surface area contributed by atoms with Gasteiger partial charge in [0.15, 0.2) is 11.4 Å². The molecule has 0 aliphatic carbocycles. The fourth-order valence-electron chi connectivity index (χ4n) is 1.46. The summed E-state index contributed by atoms with van der Waals surface area (Å²) in [5.74, 6) is 0.635. The molecule has 0 saturated heterocycles. The van der Waals surface area contributed by atoms with E-state index in [-0.39, 0.29) is 5.78 Å². The van der Waals surface area contributed by atoms with Crippen LogP contribution in [-0.2, 0) is 0 Å². The van der Waals surface area contributed by atoms with Crippen LogP contribution in [0.1, 0.15) is 23.0 Å². The predicted octanol–water partition coefficient (Wildman–Crippen LogP) is 2.34. The van der Waals surface area contributed by atoms with Gasteiger partial charge in [0.05, 0.1) is 5.56 Å². The van der Waals surface area contributed by atoms with Crippen LogP contribution in [0.2, 0.25) is 0 Å². The third kappa shape index (κ3) is 1.13. The van der Waals surface area contributed by atoms with Crippen molar-refractivity contribution in [1.29, 1.82) is 0 Å². The Morgan fingerprint density at radius 1 is 1.54 bits per heavy atom. The number of ketones is 1. The van der Waals surface area contributed by atoms with E-state index in [4.69, 9.17) is 4.42 Å². The van der Waals surface area contributed by atoms with Gasteiger partial charge in [0.2, 0.25) is 0 Å².